The van der Waals surface area contributed by atoms with Gasteiger partial charge in [0.15, 0.2) is 5.54 Å². The van der Waals surface area contributed by atoms with E-state index in [1.807, 2.05) is 13.8 Å². The molecule has 0 saturated heterocycles. The summed E-state index contributed by atoms with van der Waals surface area (Å²) in [5.74, 6) is -0.622. The first-order valence-electron chi connectivity index (χ1n) is 8.24. The van der Waals surface area contributed by atoms with Crippen molar-refractivity contribution in [3.8, 4) is 0 Å². The van der Waals surface area contributed by atoms with E-state index in [0.717, 1.165) is 10.4 Å². The molecule has 3 aromatic rings. The fourth-order valence-electron chi connectivity index (χ4n) is 2.87. The Morgan fingerprint density at radius 2 is 1.58 bits per heavy atom. The molecule has 26 heavy (non-hydrogen) atoms. The number of hydrogen-bond acceptors (Lipinski definition) is 3. The first kappa shape index (κ1) is 18.3. The van der Waals surface area contributed by atoms with Crippen molar-refractivity contribution in [1.82, 2.24) is 0 Å². The molecule has 0 saturated carbocycles. The maximum absolute atomic E-state index is 14.5. The van der Waals surface area contributed by atoms with E-state index in [0.29, 0.717) is 10.6 Å². The standard InChI is InChI=1S/C21H19F2NOS/c1-14-13-18(26-15(14)2)19(25)21(20(22)23,16-9-5-3-6-10-16)24-17-11-7-4-8-12-17/h3-13,20,24H,1-2H3. The Morgan fingerprint density at radius 1 is 1.00 bits per heavy atom. The van der Waals surface area contributed by atoms with Crippen LogP contribution in [0, 0.1) is 13.8 Å². The monoisotopic (exact) mass is 371 g/mol. The van der Waals surface area contributed by atoms with Gasteiger partial charge < -0.3 is 5.32 Å². The van der Waals surface area contributed by atoms with Crippen molar-refractivity contribution in [3.63, 3.8) is 0 Å². The van der Waals surface area contributed by atoms with Crippen LogP contribution in [0.3, 0.4) is 0 Å². The number of rotatable bonds is 6. The van der Waals surface area contributed by atoms with Crippen molar-refractivity contribution in [2.24, 2.45) is 0 Å². The molecule has 2 aromatic carbocycles. The van der Waals surface area contributed by atoms with Crippen LogP contribution in [0.4, 0.5) is 14.5 Å². The molecule has 0 aliphatic rings. The van der Waals surface area contributed by atoms with E-state index >= 15 is 0 Å². The Kier molecular flexibility index (Phi) is 5.18. The number of aryl methyl sites for hydroxylation is 2. The van der Waals surface area contributed by atoms with E-state index in [1.54, 1.807) is 66.7 Å². The fourth-order valence-corrected chi connectivity index (χ4v) is 3.91. The molecule has 0 aliphatic carbocycles. The molecule has 1 atom stereocenters. The van der Waals surface area contributed by atoms with Crippen LogP contribution in [-0.4, -0.2) is 12.2 Å². The maximum atomic E-state index is 14.5. The summed E-state index contributed by atoms with van der Waals surface area (Å²) in [7, 11) is 0. The fraction of sp³-hybridized carbons (Fsp3) is 0.190. The number of halogens is 2. The summed E-state index contributed by atoms with van der Waals surface area (Å²) in [5.41, 5.74) is -0.511. The second kappa shape index (κ2) is 7.38. The molecule has 0 fully saturated rings. The highest BCUT2D eigenvalue weighted by atomic mass is 32.1. The number of benzene rings is 2. The number of hydrogen-bond donors (Lipinski definition) is 1. The molecule has 0 amide bonds. The van der Waals surface area contributed by atoms with Gasteiger partial charge in [-0.15, -0.1) is 11.3 Å². The molecule has 0 spiro atoms. The number of thiophene rings is 1. The lowest BCUT2D eigenvalue weighted by Gasteiger charge is -2.33. The van der Waals surface area contributed by atoms with Crippen molar-refractivity contribution >= 4 is 22.8 Å². The zero-order chi connectivity index (χ0) is 18.7. The molecular weight excluding hydrogens is 352 g/mol. The van der Waals surface area contributed by atoms with Crippen molar-refractivity contribution in [3.05, 3.63) is 87.6 Å². The zero-order valence-electron chi connectivity index (χ0n) is 14.5. The van der Waals surface area contributed by atoms with Gasteiger partial charge in [0.25, 0.3) is 6.43 Å². The predicted octanol–water partition coefficient (Wildman–Crippen LogP) is 5.82. The third-order valence-corrected chi connectivity index (χ3v) is 5.57. The second-order valence-electron chi connectivity index (χ2n) is 6.14. The van der Waals surface area contributed by atoms with Crippen molar-refractivity contribution in [2.45, 2.75) is 25.8 Å². The lowest BCUT2D eigenvalue weighted by atomic mass is 9.84. The number of anilines is 1. The highest BCUT2D eigenvalue weighted by Gasteiger charge is 2.49. The molecule has 1 unspecified atom stereocenters. The third-order valence-electron chi connectivity index (χ3n) is 4.42. The third kappa shape index (κ3) is 3.27. The topological polar surface area (TPSA) is 29.1 Å². The number of carbonyl (C=O) groups excluding carboxylic acids is 1. The van der Waals surface area contributed by atoms with Crippen LogP contribution in [0.25, 0.3) is 0 Å². The molecule has 134 valence electrons. The quantitative estimate of drug-likeness (QED) is 0.553. The van der Waals surface area contributed by atoms with Crippen molar-refractivity contribution in [2.75, 3.05) is 5.32 Å². The van der Waals surface area contributed by atoms with Crippen LogP contribution in [0.2, 0.25) is 0 Å². The van der Waals surface area contributed by atoms with Crippen LogP contribution in [0.15, 0.2) is 66.7 Å². The normalized spacial score (nSPS) is 13.4. The number of Topliss-reactive ketones (excluding diaryl/α,β-unsaturated/α-hetero) is 1. The summed E-state index contributed by atoms with van der Waals surface area (Å²) in [4.78, 5) is 14.6. The van der Waals surface area contributed by atoms with Gasteiger partial charge >= 0.3 is 0 Å². The summed E-state index contributed by atoms with van der Waals surface area (Å²) in [6.07, 6.45) is -2.93. The molecule has 1 heterocycles. The summed E-state index contributed by atoms with van der Waals surface area (Å²) in [6, 6.07) is 18.5. The van der Waals surface area contributed by atoms with Gasteiger partial charge in [0.2, 0.25) is 5.78 Å². The summed E-state index contributed by atoms with van der Waals surface area (Å²) >= 11 is 1.25. The smallest absolute Gasteiger partial charge is 0.272 e. The molecular formula is C21H19F2NOS. The Balaban J connectivity index is 2.18. The van der Waals surface area contributed by atoms with Crippen molar-refractivity contribution < 1.29 is 13.6 Å². The molecule has 2 nitrogen and oxygen atoms in total. The van der Waals surface area contributed by atoms with Gasteiger partial charge in [0.1, 0.15) is 0 Å². The summed E-state index contributed by atoms with van der Waals surface area (Å²) < 4.78 is 29.0. The van der Waals surface area contributed by atoms with E-state index in [2.05, 4.69) is 5.32 Å². The average molecular weight is 371 g/mol. The Hall–Kier alpha value is -2.53. The summed E-state index contributed by atoms with van der Waals surface area (Å²) in [5, 5.41) is 2.84. The van der Waals surface area contributed by atoms with Crippen molar-refractivity contribution in [1.29, 1.82) is 0 Å². The van der Waals surface area contributed by atoms with Gasteiger partial charge in [-0.3, -0.25) is 4.79 Å². The van der Waals surface area contributed by atoms with Crippen LogP contribution < -0.4 is 5.32 Å². The number of nitrogens with one attached hydrogen (secondary N) is 1. The summed E-state index contributed by atoms with van der Waals surface area (Å²) in [6.45, 7) is 3.76. The van der Waals surface area contributed by atoms with E-state index in [4.69, 9.17) is 0 Å². The Labute approximate surface area is 155 Å². The number of alkyl halides is 2. The second-order valence-corrected chi connectivity index (χ2v) is 7.40. The first-order chi connectivity index (χ1) is 12.4. The minimum absolute atomic E-state index is 0.243. The van der Waals surface area contributed by atoms with E-state index in [9.17, 15) is 13.6 Å². The van der Waals surface area contributed by atoms with Gasteiger partial charge in [-0.25, -0.2) is 8.78 Å². The molecule has 0 aliphatic heterocycles. The van der Waals surface area contributed by atoms with Gasteiger partial charge in [0, 0.05) is 10.6 Å². The minimum Gasteiger partial charge on any atom is -0.364 e. The van der Waals surface area contributed by atoms with Gasteiger partial charge in [0.05, 0.1) is 4.88 Å². The SMILES string of the molecule is Cc1cc(C(=O)C(Nc2ccccc2)(c2ccccc2)C(F)F)sc1C. The number of carbonyl (C=O) groups is 1. The molecule has 5 heteroatoms. The maximum Gasteiger partial charge on any atom is 0.272 e. The zero-order valence-corrected chi connectivity index (χ0v) is 15.3. The van der Waals surface area contributed by atoms with E-state index in [1.165, 1.54) is 11.3 Å². The Bertz CT molecular complexity index is 873. The molecule has 1 N–H and O–H groups in total. The van der Waals surface area contributed by atoms with Crippen LogP contribution >= 0.6 is 11.3 Å². The number of para-hydroxylation sites is 1. The molecule has 3 rings (SSSR count). The van der Waals surface area contributed by atoms with Gasteiger partial charge in [-0.1, -0.05) is 48.5 Å². The average Bonchev–Trinajstić information content (AvgIpc) is 2.99. The minimum atomic E-state index is -2.93. The predicted molar refractivity (Wildman–Crippen MR) is 102 cm³/mol. The van der Waals surface area contributed by atoms with Crippen LogP contribution in [0.1, 0.15) is 25.7 Å². The van der Waals surface area contributed by atoms with E-state index < -0.39 is 17.7 Å². The Morgan fingerprint density at radius 3 is 2.08 bits per heavy atom. The van der Waals surface area contributed by atoms with Gasteiger partial charge in [-0.05, 0) is 43.2 Å². The largest absolute Gasteiger partial charge is 0.364 e. The van der Waals surface area contributed by atoms with Crippen LogP contribution in [0.5, 0.6) is 0 Å². The van der Waals surface area contributed by atoms with E-state index in [-0.39, 0.29) is 5.56 Å². The number of ketones is 1. The first-order valence-corrected chi connectivity index (χ1v) is 9.05. The molecule has 1 aromatic heterocycles. The lowest BCUT2D eigenvalue weighted by molar-refractivity contribution is 0.0492. The lowest BCUT2D eigenvalue weighted by Crippen LogP contribution is -2.49. The highest BCUT2D eigenvalue weighted by molar-refractivity contribution is 7.14. The molecule has 0 radical (unpaired) electrons. The highest BCUT2D eigenvalue weighted by Crippen LogP contribution is 2.38. The van der Waals surface area contributed by atoms with Crippen LogP contribution in [-0.2, 0) is 5.54 Å². The van der Waals surface area contributed by atoms with Gasteiger partial charge in [-0.2, -0.15) is 0 Å². The molecule has 0 bridgehead atoms.